The van der Waals surface area contributed by atoms with Crippen molar-refractivity contribution in [1.82, 2.24) is 67.1 Å². The summed E-state index contributed by atoms with van der Waals surface area (Å²) in [7, 11) is -10.0. The Kier molecular flexibility index (Phi) is 44.8. The smallest absolute Gasteiger partial charge is 0.412 e. The van der Waals surface area contributed by atoms with Crippen LogP contribution < -0.4 is 49.3 Å². The van der Waals surface area contributed by atoms with Gasteiger partial charge in [0.25, 0.3) is 5.56 Å². The van der Waals surface area contributed by atoms with Gasteiger partial charge >= 0.3 is 29.3 Å². The standard InChI is InChI=1S/C36H68N6O8Si3.C31H59N5O6Si3.C18H26N6O8.CH4.FH/c1-13-24-41-28-31(38-34(37)39-32(28)46-26-40(12)36(44)45-14-2)42(35(41)43)33-30(50-53(21-9,22-10)23-11)29(49-52(18-6,19-7)20-8)27(48-33)25-47-51(15-3,16-4)17-5;1-11-21-35-24-27(33-30(32)34-28(24)37)36(31(35)38)29-26(42-45(18-8,19-9)20-10)25(41-44(15-5,16-6)17-7)23(40-29)22-39-43(12-2,13-3)14-4;1-4-6-23-10-13(24(17(23)28)15-12(27)11(26)9(7-25)32-15)20-16(19)21-14(10)31-8-22(3)18(29)30-5-2;;/h13,27,29-30,33H,1,14-26H2,2-12H3,(H2,37,38,39);11,23,25-26,29H,1,12-22H2,2-10H3,(H3,32,33,34,37);4,9,11-12,15,25-27H,1,5-8H2,2-3H3,(H2,19,20,21);1H4;1H/t27-,29-,30-,33-;23-,25-,26-,29-;9-,11-,12-,15-;;/m111../s1. The number of ether oxygens (including phenoxy) is 7. The zero-order chi connectivity index (χ0) is 96.7. The highest BCUT2D eigenvalue weighted by Gasteiger charge is 2.57. The first kappa shape index (κ1) is 115. The van der Waals surface area contributed by atoms with Crippen molar-refractivity contribution in [3.63, 3.8) is 0 Å². The van der Waals surface area contributed by atoms with E-state index >= 15 is 0 Å². The first-order valence-electron chi connectivity index (χ1n) is 46.9. The average Bonchev–Trinajstić information content (AvgIpc) is 1.56. The van der Waals surface area contributed by atoms with Gasteiger partial charge in [0.05, 0.1) is 33.0 Å². The molecular formula is C86H158FN17O22Si6. The maximum atomic E-state index is 14.8. The van der Waals surface area contributed by atoms with Gasteiger partial charge in [-0.05, 0) is 123 Å². The summed E-state index contributed by atoms with van der Waals surface area (Å²) in [5, 5.41) is 29.9. The number of amides is 2. The maximum absolute atomic E-state index is 14.8. The zero-order valence-corrected chi connectivity index (χ0v) is 87.6. The summed E-state index contributed by atoms with van der Waals surface area (Å²) in [6.07, 6.45) is -6.81. The summed E-state index contributed by atoms with van der Waals surface area (Å²) < 4.78 is 92.6. The molecule has 750 valence electrons. The Morgan fingerprint density at radius 1 is 0.432 bits per heavy atom. The monoisotopic (exact) mass is 1970 g/mol. The predicted octanol–water partition coefficient (Wildman–Crippen LogP) is 13.0. The Hall–Kier alpha value is -7.64. The van der Waals surface area contributed by atoms with Crippen molar-refractivity contribution in [1.29, 1.82) is 0 Å². The fraction of sp³-hybridized carbons (Fsp3) is 0.733. The minimum atomic E-state index is -2.32. The lowest BCUT2D eigenvalue weighted by atomic mass is 10.1. The molecule has 2 amide bonds. The van der Waals surface area contributed by atoms with Crippen molar-refractivity contribution >= 4 is 113 Å². The number of allylic oxidation sites excluding steroid dienone is 3. The topological polar surface area (TPSA) is 477 Å². The number of hydrogen-bond acceptors (Lipinski definition) is 30. The zero-order valence-electron chi connectivity index (χ0n) is 81.6. The number of carbonyl (C=O) groups is 2. The van der Waals surface area contributed by atoms with Crippen LogP contribution in [-0.4, -0.2) is 260 Å². The second-order valence-corrected chi connectivity index (χ2v) is 62.0. The van der Waals surface area contributed by atoms with Crippen molar-refractivity contribution in [3.05, 3.63) is 79.8 Å². The van der Waals surface area contributed by atoms with E-state index in [0.29, 0.717) is 18.7 Å². The number of nitrogen functional groups attached to an aromatic ring is 3. The molecule has 46 heteroatoms. The highest BCUT2D eigenvalue weighted by molar-refractivity contribution is 6.76. The molecule has 132 heavy (non-hydrogen) atoms. The van der Waals surface area contributed by atoms with Crippen LogP contribution in [0.1, 0.15) is 165 Å². The number of hydrogen-bond donors (Lipinski definition) is 7. The Balaban J connectivity index is 0.000000357. The van der Waals surface area contributed by atoms with Crippen molar-refractivity contribution < 1.29 is 89.3 Å². The Morgan fingerprint density at radius 3 is 1.01 bits per heavy atom. The van der Waals surface area contributed by atoms with Gasteiger partial charge < -0.3 is 92.2 Å². The molecule has 3 aliphatic heterocycles. The van der Waals surface area contributed by atoms with Crippen molar-refractivity contribution in [2.75, 3.05) is 77.8 Å². The molecule has 0 saturated carbocycles. The van der Waals surface area contributed by atoms with Crippen molar-refractivity contribution in [2.45, 2.75) is 348 Å². The number of halogens is 1. The summed E-state index contributed by atoms with van der Waals surface area (Å²) in [5.41, 5.74) is 17.1. The number of aliphatic hydroxyl groups is 3. The molecule has 3 saturated heterocycles. The molecule has 3 fully saturated rings. The first-order chi connectivity index (χ1) is 62.0. The minimum Gasteiger partial charge on any atom is -0.454 e. The van der Waals surface area contributed by atoms with E-state index in [1.807, 2.05) is 0 Å². The van der Waals surface area contributed by atoms with Gasteiger partial charge in [-0.3, -0.25) is 38.0 Å². The van der Waals surface area contributed by atoms with Gasteiger partial charge in [0.2, 0.25) is 29.6 Å². The number of aromatic amines is 1. The third-order valence-corrected chi connectivity index (χ3v) is 55.2. The number of nitrogens with two attached hydrogens (primary N) is 3. The summed E-state index contributed by atoms with van der Waals surface area (Å²) >= 11 is 0. The van der Waals surface area contributed by atoms with E-state index < -0.39 is 165 Å². The maximum Gasteiger partial charge on any atom is 0.412 e. The van der Waals surface area contributed by atoms with Crippen molar-refractivity contribution in [2.24, 2.45) is 0 Å². The average molecular weight is 1970 g/mol. The molecule has 39 nitrogen and oxygen atoms in total. The number of anilines is 3. The molecule has 6 aromatic rings. The SMILES string of the molecule is C.C=CCn1c(=O)n([C@@H]2O[C@H](CO)[C@@H](O)[C@H]2O)c2nc(N)nc(OCN(C)C(=O)OCC)c21.C=CCn1c(=O)n([C@@H]2O[C@H](CO[Si](CC)(CC)CC)[C@@H](O[Si](CC)(CC)CC)[C@H]2O[Si](CC)(CC)CC)c2nc(N)[nH]c(=O)c21.C=CCn1c(=O)n([C@@H]2O[C@H](CO[Si](CC)(CC)CC)[C@@H](O[Si](CC)(CC)CC)[C@H]2O[Si](CC)(CC)CC)c2nc(N)nc(OCN(C)C(=O)OCC)c21.F. The number of aliphatic hydroxyl groups excluding tert-OH is 3. The molecule has 0 unspecified atom stereocenters. The number of fused-ring (bicyclic) bond motifs is 3. The van der Waals surface area contributed by atoms with Crippen molar-refractivity contribution in [3.8, 4) is 11.8 Å². The number of aromatic nitrogens is 12. The minimum absolute atomic E-state index is 0. The molecular weight excluding hydrogens is 1810 g/mol. The lowest BCUT2D eigenvalue weighted by molar-refractivity contribution is -0.0527. The van der Waals surface area contributed by atoms with Gasteiger partial charge in [-0.15, -0.1) is 19.7 Å². The van der Waals surface area contributed by atoms with E-state index in [0.717, 1.165) is 118 Å². The van der Waals surface area contributed by atoms with E-state index in [1.165, 1.54) is 40.9 Å². The van der Waals surface area contributed by atoms with Crippen LogP contribution in [0.25, 0.3) is 33.5 Å². The highest BCUT2D eigenvalue weighted by atomic mass is 28.4. The lowest BCUT2D eigenvalue weighted by Gasteiger charge is -2.40. The molecule has 0 aliphatic carbocycles. The van der Waals surface area contributed by atoms with E-state index in [4.69, 9.17) is 76.9 Å². The number of nitrogens with zero attached hydrogens (tertiary/aromatic N) is 13. The van der Waals surface area contributed by atoms with Crippen LogP contribution in [0, 0.1) is 0 Å². The van der Waals surface area contributed by atoms with Gasteiger partial charge in [-0.1, -0.05) is 150 Å². The summed E-state index contributed by atoms with van der Waals surface area (Å²) in [5.74, 6) is -0.477. The largest absolute Gasteiger partial charge is 0.454 e. The van der Waals surface area contributed by atoms with Crippen LogP contribution in [-0.2, 0) is 69.9 Å². The molecule has 9 rings (SSSR count). The van der Waals surface area contributed by atoms with Gasteiger partial charge in [0.1, 0.15) is 54.9 Å². The normalized spacial score (nSPS) is 20.6. The number of H-pyrrole nitrogens is 1. The third-order valence-electron chi connectivity index (χ3n) is 27.4. The third kappa shape index (κ3) is 24.8. The lowest BCUT2D eigenvalue weighted by Crippen LogP contribution is -2.53. The molecule has 0 spiro atoms. The molecule has 9 heterocycles. The molecule has 0 aromatic carbocycles. The van der Waals surface area contributed by atoms with E-state index in [2.05, 4.69) is 174 Å². The van der Waals surface area contributed by atoms with Gasteiger partial charge in [0.15, 0.2) is 116 Å². The van der Waals surface area contributed by atoms with Gasteiger partial charge in [-0.2, -0.15) is 24.9 Å². The molecule has 0 bridgehead atoms. The van der Waals surface area contributed by atoms with Crippen LogP contribution in [0.5, 0.6) is 11.8 Å². The molecule has 6 aromatic heterocycles. The molecule has 12 atom stereocenters. The number of rotatable bonds is 50. The van der Waals surface area contributed by atoms with Crippen LogP contribution in [0.15, 0.2) is 57.1 Å². The summed E-state index contributed by atoms with van der Waals surface area (Å²) in [6.45, 7) is 54.8. The quantitative estimate of drug-likeness (QED) is 0.0106. The Labute approximate surface area is 782 Å². The van der Waals surface area contributed by atoms with E-state index in [9.17, 15) is 44.1 Å². The summed E-state index contributed by atoms with van der Waals surface area (Å²) in [4.78, 5) is 106. The molecule has 10 N–H and O–H groups in total. The fourth-order valence-electron chi connectivity index (χ4n) is 17.7. The van der Waals surface area contributed by atoms with Crippen LogP contribution in [0.3, 0.4) is 0 Å². The Morgan fingerprint density at radius 2 is 0.720 bits per heavy atom. The van der Waals surface area contributed by atoms with Crippen LogP contribution in [0.4, 0.5) is 32.1 Å². The molecule has 3 aliphatic rings. The highest BCUT2D eigenvalue weighted by Crippen LogP contribution is 2.46. The number of nitrogens with one attached hydrogen (secondary N) is 1. The van der Waals surface area contributed by atoms with Gasteiger partial charge in [0, 0.05) is 33.7 Å². The summed E-state index contributed by atoms with van der Waals surface area (Å²) in [6, 6.07) is 17.2. The van der Waals surface area contributed by atoms with E-state index in [-0.39, 0.29) is 116 Å². The second-order valence-electron chi connectivity index (χ2n) is 33.5. The second kappa shape index (κ2) is 51.5. The number of carbonyl (C=O) groups excluding carboxylic acids is 2. The van der Waals surface area contributed by atoms with Crippen LogP contribution in [0.2, 0.25) is 109 Å². The molecule has 0 radical (unpaired) electrons. The van der Waals surface area contributed by atoms with Crippen LogP contribution >= 0.6 is 0 Å². The van der Waals surface area contributed by atoms with Gasteiger partial charge in [-0.25, -0.2) is 37.7 Å². The Bertz CT molecular complexity index is 4890. The number of imidazole rings is 3. The first-order valence-corrected chi connectivity index (χ1v) is 62.0. The fourth-order valence-corrected chi connectivity index (χ4v) is 34.3. The predicted molar refractivity (Wildman–Crippen MR) is 527 cm³/mol. The van der Waals surface area contributed by atoms with E-state index in [1.54, 1.807) is 33.0 Å².